The first-order chi connectivity index (χ1) is 5.33. The Labute approximate surface area is 230 Å². The Morgan fingerprint density at radius 3 is 1.04 bits per heavy atom. The molecule has 0 rings (SSSR count). The molecule has 0 fully saturated rings. The molecule has 0 aromatic carbocycles. The summed E-state index contributed by atoms with van der Waals surface area (Å²) in [6, 6.07) is 0. The fourth-order valence-electron chi connectivity index (χ4n) is 0.0400. The van der Waals surface area contributed by atoms with Gasteiger partial charge in [0.05, 0.1) is 0 Å². The summed E-state index contributed by atoms with van der Waals surface area (Å²) in [5, 5.41) is 10.1. The maximum atomic E-state index is 6.25. The molecule has 0 aromatic heterocycles. The number of halogens is 2. The summed E-state index contributed by atoms with van der Waals surface area (Å²) in [6.07, 6.45) is 0. The number of nitrogens with one attached hydrogen (secondary N) is 2. The van der Waals surface area contributed by atoms with Gasteiger partial charge in [-0.3, -0.25) is 4.70 Å². The van der Waals surface area contributed by atoms with Gasteiger partial charge in [0.15, 0.2) is 7.57 Å². The molecule has 0 saturated carbocycles. The van der Waals surface area contributed by atoms with E-state index < -0.39 is 0 Å². The molecule has 159 valence electrons. The normalized spacial score (nSPS) is 3.29. The van der Waals surface area contributed by atoms with E-state index in [0.29, 0.717) is 7.23 Å². The van der Waals surface area contributed by atoms with Crippen molar-refractivity contribution in [1.29, 1.82) is 11.1 Å². The van der Waals surface area contributed by atoms with Crippen LogP contribution < -0.4 is 51.4 Å². The molecule has 14 heteroatoms. The van der Waals surface area contributed by atoms with Gasteiger partial charge in [0.1, 0.15) is 0 Å². The molecule has 24 heavy (non-hydrogen) atoms. The van der Waals surface area contributed by atoms with E-state index in [9.17, 15) is 0 Å². The largest absolute Gasteiger partial charge is 1.00 e. The van der Waals surface area contributed by atoms with Crippen molar-refractivity contribution in [2.24, 2.45) is 20.9 Å². The van der Waals surface area contributed by atoms with Crippen molar-refractivity contribution in [3.8, 4) is 0 Å². The van der Waals surface area contributed by atoms with Crippen molar-refractivity contribution in [3.63, 3.8) is 0 Å². The first-order valence-corrected chi connectivity index (χ1v) is 3.46. The van der Waals surface area contributed by atoms with Crippen molar-refractivity contribution >= 4 is 59.0 Å². The third kappa shape index (κ3) is 552. The molecular formula is C10H51B2FIKN6OPS. The molecule has 0 heterocycles. The van der Waals surface area contributed by atoms with Crippen LogP contribution in [0, 0.1) is 11.1 Å². The van der Waals surface area contributed by atoms with Gasteiger partial charge in [-0.2, -0.15) is 11.1 Å². The minimum Gasteiger partial charge on any atom is -1.00 e. The minimum absolute atomic E-state index is 0. The average molecular weight is 543 g/mol. The Morgan fingerprint density at radius 1 is 0.917 bits per heavy atom. The smallest absolute Gasteiger partial charge is 1.00 e. The SMILES string of the molecule is C.C.C.C.C.C.C.C.C.C.F.I.N=N/N=N/N=N.[2HH].[2H]O.[B].[B]P=S.[H-].[HH].[K+]. The van der Waals surface area contributed by atoms with Gasteiger partial charge in [0.2, 0.25) is 1.43 Å². The number of hydrogen-bond acceptors (Lipinski definition) is 3. The number of rotatable bonds is 2. The van der Waals surface area contributed by atoms with Crippen LogP contribution in [-0.2, 0) is 11.8 Å². The molecule has 0 aliphatic rings. The zero-order valence-corrected chi connectivity index (χ0v) is 14.2. The zero-order chi connectivity index (χ0) is 9.54. The average Bonchev–Trinajstić information content (AvgIpc) is 2.06. The van der Waals surface area contributed by atoms with Crippen LogP contribution in [0.4, 0.5) is 4.70 Å². The maximum absolute atomic E-state index is 6.25. The van der Waals surface area contributed by atoms with Gasteiger partial charge in [-0.15, -0.1) is 24.0 Å². The summed E-state index contributed by atoms with van der Waals surface area (Å²) in [5.41, 5.74) is 18.1. The molecular weight excluding hydrogens is 490 g/mol. The quantitative estimate of drug-likeness (QED) is 0.157. The standard InChI is InChI=1S/10CH4.BPS.B.FH.HI.K.H2N6.H2O.2H2.H/c;;;;;;;;;;1-2-3;;;;;1-3-5-6-4-2;;;;/h10*1H4;;;2*1H;;1-2H;1H2;2*1H;/q;;;;;;;;;;;;;;+1;;;;;-1/b;;;;;;;;;;;;;;;3-1?,4-2?,6-5+;;;;/i;;;;;;;;;;;;;;;;;1+1;;/hD. The van der Waals surface area contributed by atoms with Gasteiger partial charge < -0.3 is 6.91 Å². The van der Waals surface area contributed by atoms with Gasteiger partial charge in [-0.1, -0.05) is 93.3 Å². The van der Waals surface area contributed by atoms with Crippen LogP contribution in [0.3, 0.4) is 0 Å². The third-order valence-electron chi connectivity index (χ3n) is 0.129. The fourth-order valence-corrected chi connectivity index (χ4v) is 0.0400. The Kier molecular flexibility index (Phi) is 2140. The molecule has 0 unspecified atom stereocenters. The fraction of sp³-hybridized carbons (Fsp3) is 1.00. The number of nitrogens with zero attached hydrogens (tertiary/aromatic N) is 4. The van der Waals surface area contributed by atoms with E-state index in [4.69, 9.17) is 18.0 Å². The van der Waals surface area contributed by atoms with Crippen LogP contribution in [0.5, 0.6) is 0 Å². The van der Waals surface area contributed by atoms with E-state index >= 15 is 0 Å². The summed E-state index contributed by atoms with van der Waals surface area (Å²) in [5.74, 6) is 0. The topological polar surface area (TPSA) is 129 Å². The Hall–Kier alpha value is 1.71. The predicted octanol–water partition coefficient (Wildman–Crippen LogP) is 5.34. The van der Waals surface area contributed by atoms with Crippen LogP contribution in [0.25, 0.3) is 0 Å². The van der Waals surface area contributed by atoms with Crippen molar-refractivity contribution in [2.45, 2.75) is 74.3 Å². The second-order valence-corrected chi connectivity index (χ2v) is 1.33. The molecule has 0 aliphatic carbocycles. The van der Waals surface area contributed by atoms with E-state index in [-0.39, 0.29) is 167 Å². The van der Waals surface area contributed by atoms with E-state index in [1.165, 1.54) is 0 Å². The Bertz CT molecular complexity index is 162. The Morgan fingerprint density at radius 2 is 1.00 bits per heavy atom. The van der Waals surface area contributed by atoms with E-state index in [1.807, 2.05) is 0 Å². The molecule has 5 radical (unpaired) electrons. The first-order valence-electron chi connectivity index (χ1n) is 1.94. The summed E-state index contributed by atoms with van der Waals surface area (Å²) >= 11 is 4.14. The van der Waals surface area contributed by atoms with Crippen molar-refractivity contribution in [2.75, 3.05) is 0 Å². The predicted molar refractivity (Wildman–Crippen MR) is 135 cm³/mol. The van der Waals surface area contributed by atoms with Crippen LogP contribution in [0.2, 0.25) is 0 Å². The van der Waals surface area contributed by atoms with E-state index in [2.05, 4.69) is 40.3 Å². The van der Waals surface area contributed by atoms with Gasteiger partial charge in [0, 0.05) is 11.3 Å². The van der Waals surface area contributed by atoms with Crippen molar-refractivity contribution in [1.82, 2.24) is 0 Å². The molecule has 4 N–H and O–H groups in total. The molecule has 0 atom stereocenters. The van der Waals surface area contributed by atoms with Crippen molar-refractivity contribution < 1.29 is 67.3 Å². The summed E-state index contributed by atoms with van der Waals surface area (Å²) in [4.78, 5) is 0. The van der Waals surface area contributed by atoms with Gasteiger partial charge in [-0.05, 0) is 20.9 Å². The molecule has 0 aliphatic heterocycles. The first kappa shape index (κ1) is 167. The summed E-state index contributed by atoms with van der Waals surface area (Å²) in [6.45, 7) is 0. The Balaban J connectivity index is -0.00000000154. The van der Waals surface area contributed by atoms with Crippen LogP contribution in [-0.4, -0.2) is 21.5 Å². The monoisotopic (exact) mass is 543 g/mol. The third-order valence-corrected chi connectivity index (χ3v) is 0.129. The maximum Gasteiger partial charge on any atom is 1.00 e. The van der Waals surface area contributed by atoms with Crippen LogP contribution in [0.15, 0.2) is 20.9 Å². The summed E-state index contributed by atoms with van der Waals surface area (Å²) in [7, 11) is 5.13. The van der Waals surface area contributed by atoms with Crippen LogP contribution in [0.1, 0.15) is 80.0 Å². The van der Waals surface area contributed by atoms with Gasteiger partial charge in [-0.25, -0.2) is 0 Å². The number of hydrogen-bond donors (Lipinski definition) is 2. The second-order valence-electron chi connectivity index (χ2n) is 0.484. The molecule has 0 aromatic rings. The summed E-state index contributed by atoms with van der Waals surface area (Å²) < 4.78 is 4.75. The minimum atomic E-state index is 0. The molecule has 0 saturated heterocycles. The molecule has 0 amide bonds. The van der Waals surface area contributed by atoms with Crippen molar-refractivity contribution in [3.05, 3.63) is 0 Å². The van der Waals surface area contributed by atoms with Gasteiger partial charge in [0.25, 0.3) is 0 Å². The second kappa shape index (κ2) is 309. The van der Waals surface area contributed by atoms with Gasteiger partial charge >= 0.3 is 51.4 Å². The molecule has 0 spiro atoms. The molecule has 7 nitrogen and oxygen atoms in total. The van der Waals surface area contributed by atoms with Crippen LogP contribution >= 0.6 is 31.2 Å². The van der Waals surface area contributed by atoms with E-state index in [0.717, 1.165) is 0 Å². The zero-order valence-electron chi connectivity index (χ0n) is 9.06. The van der Waals surface area contributed by atoms with E-state index in [1.54, 1.807) is 0 Å². The molecule has 0 bridgehead atoms.